The van der Waals surface area contributed by atoms with Crippen molar-refractivity contribution in [1.29, 1.82) is 0 Å². The summed E-state index contributed by atoms with van der Waals surface area (Å²) in [6.45, 7) is -0.424. The third kappa shape index (κ3) is 4.22. The Labute approximate surface area is 122 Å². The molecule has 0 aliphatic carbocycles. The summed E-state index contributed by atoms with van der Waals surface area (Å²) in [4.78, 5) is 24.2. The van der Waals surface area contributed by atoms with Crippen molar-refractivity contribution in [1.82, 2.24) is 0 Å². The second kappa shape index (κ2) is 6.92. The van der Waals surface area contributed by atoms with Crippen LogP contribution in [-0.2, 0) is 9.59 Å². The second-order valence-corrected chi connectivity index (χ2v) is 4.24. The fraction of sp³-hybridized carbons (Fsp3) is 0.0588. The van der Waals surface area contributed by atoms with Crippen LogP contribution in [0.2, 0.25) is 0 Å². The van der Waals surface area contributed by atoms with Crippen molar-refractivity contribution in [2.75, 3.05) is 11.4 Å². The van der Waals surface area contributed by atoms with Crippen LogP contribution in [0, 0.1) is 11.8 Å². The number of anilines is 1. The molecule has 0 saturated carbocycles. The molecule has 1 amide bonds. The van der Waals surface area contributed by atoms with Gasteiger partial charge in [-0.15, -0.1) is 0 Å². The first-order chi connectivity index (χ1) is 10.2. The molecule has 0 bridgehead atoms. The van der Waals surface area contributed by atoms with Gasteiger partial charge in [0.25, 0.3) is 0 Å². The largest absolute Gasteiger partial charge is 0.480 e. The highest BCUT2D eigenvalue weighted by atomic mass is 16.4. The highest BCUT2D eigenvalue weighted by Gasteiger charge is 2.16. The number of aliphatic carboxylic acids is 1. The summed E-state index contributed by atoms with van der Waals surface area (Å²) < 4.78 is 0. The van der Waals surface area contributed by atoms with Crippen LogP contribution in [0.4, 0.5) is 5.69 Å². The van der Waals surface area contributed by atoms with Crippen LogP contribution in [0.5, 0.6) is 0 Å². The molecule has 0 spiro atoms. The lowest BCUT2D eigenvalue weighted by Gasteiger charge is -2.17. The van der Waals surface area contributed by atoms with Gasteiger partial charge >= 0.3 is 11.9 Å². The van der Waals surface area contributed by atoms with Gasteiger partial charge in [0.1, 0.15) is 6.54 Å². The molecule has 104 valence electrons. The van der Waals surface area contributed by atoms with Crippen LogP contribution in [0.15, 0.2) is 60.7 Å². The molecule has 0 atom stereocenters. The molecule has 0 radical (unpaired) electrons. The van der Waals surface area contributed by atoms with E-state index < -0.39 is 18.4 Å². The summed E-state index contributed by atoms with van der Waals surface area (Å²) in [6.07, 6.45) is 0. The molecule has 21 heavy (non-hydrogen) atoms. The number of benzene rings is 2. The number of hydrogen-bond donors (Lipinski definition) is 1. The lowest BCUT2D eigenvalue weighted by atomic mass is 10.2. The minimum atomic E-state index is -1.09. The molecule has 4 heteroatoms. The predicted octanol–water partition coefficient (Wildman–Crippen LogP) is 2.16. The summed E-state index contributed by atoms with van der Waals surface area (Å²) in [6, 6.07) is 17.7. The van der Waals surface area contributed by atoms with Gasteiger partial charge < -0.3 is 5.11 Å². The summed E-state index contributed by atoms with van der Waals surface area (Å²) >= 11 is 0. The van der Waals surface area contributed by atoms with Gasteiger partial charge in [-0.05, 0) is 24.3 Å². The lowest BCUT2D eigenvalue weighted by molar-refractivity contribution is -0.136. The fourth-order valence-electron chi connectivity index (χ4n) is 1.74. The number of amides is 1. The van der Waals surface area contributed by atoms with Crippen LogP contribution >= 0.6 is 0 Å². The molecular formula is C17H13NO3. The zero-order chi connectivity index (χ0) is 15.1. The van der Waals surface area contributed by atoms with Crippen molar-refractivity contribution < 1.29 is 14.7 Å². The van der Waals surface area contributed by atoms with Crippen LogP contribution in [0.25, 0.3) is 0 Å². The molecule has 0 unspecified atom stereocenters. The van der Waals surface area contributed by atoms with Crippen LogP contribution in [0.3, 0.4) is 0 Å². The average Bonchev–Trinajstić information content (AvgIpc) is 2.52. The van der Waals surface area contributed by atoms with Gasteiger partial charge in [0, 0.05) is 17.2 Å². The number of nitrogens with zero attached hydrogens (tertiary/aromatic N) is 1. The molecule has 1 N–H and O–H groups in total. The highest BCUT2D eigenvalue weighted by molar-refractivity contribution is 6.08. The maximum absolute atomic E-state index is 12.1. The van der Waals surface area contributed by atoms with Gasteiger partial charge in [-0.2, -0.15) is 0 Å². The van der Waals surface area contributed by atoms with Gasteiger partial charge in [-0.1, -0.05) is 42.3 Å². The molecule has 2 rings (SSSR count). The zero-order valence-electron chi connectivity index (χ0n) is 11.2. The lowest BCUT2D eigenvalue weighted by Crippen LogP contribution is -2.34. The van der Waals surface area contributed by atoms with E-state index >= 15 is 0 Å². The van der Waals surface area contributed by atoms with E-state index in [1.807, 2.05) is 18.2 Å². The van der Waals surface area contributed by atoms with E-state index in [1.54, 1.807) is 42.5 Å². The molecule has 0 aliphatic heterocycles. The second-order valence-electron chi connectivity index (χ2n) is 4.24. The molecule has 2 aromatic rings. The quantitative estimate of drug-likeness (QED) is 0.876. The SMILES string of the molecule is O=C(O)CN(C(=O)C#Cc1ccccc1)c1ccccc1. The minimum Gasteiger partial charge on any atom is -0.480 e. The van der Waals surface area contributed by atoms with Crippen LogP contribution in [-0.4, -0.2) is 23.5 Å². The number of carboxylic acid groups (broad SMARTS) is 1. The van der Waals surface area contributed by atoms with E-state index in [-0.39, 0.29) is 0 Å². The predicted molar refractivity (Wildman–Crippen MR) is 79.8 cm³/mol. The van der Waals surface area contributed by atoms with Crippen molar-refractivity contribution in [2.24, 2.45) is 0 Å². The molecule has 0 heterocycles. The monoisotopic (exact) mass is 279 g/mol. The summed E-state index contributed by atoms with van der Waals surface area (Å²) in [5, 5.41) is 8.94. The number of carbonyl (C=O) groups is 2. The zero-order valence-corrected chi connectivity index (χ0v) is 11.2. The Morgan fingerprint density at radius 3 is 2.10 bits per heavy atom. The van der Waals surface area contributed by atoms with E-state index in [2.05, 4.69) is 11.8 Å². The van der Waals surface area contributed by atoms with Crippen molar-refractivity contribution >= 4 is 17.6 Å². The molecule has 0 aromatic heterocycles. The van der Waals surface area contributed by atoms with Gasteiger partial charge in [0.05, 0.1) is 0 Å². The first-order valence-electron chi connectivity index (χ1n) is 6.32. The molecule has 4 nitrogen and oxygen atoms in total. The van der Waals surface area contributed by atoms with E-state index in [4.69, 9.17) is 5.11 Å². The Bertz CT molecular complexity index is 684. The Hall–Kier alpha value is -3.06. The van der Waals surface area contributed by atoms with E-state index in [9.17, 15) is 9.59 Å². The van der Waals surface area contributed by atoms with E-state index in [0.717, 1.165) is 4.90 Å². The topological polar surface area (TPSA) is 57.6 Å². The highest BCUT2D eigenvalue weighted by Crippen LogP contribution is 2.13. The van der Waals surface area contributed by atoms with Gasteiger partial charge in [-0.25, -0.2) is 0 Å². The molecular weight excluding hydrogens is 266 g/mol. The first kappa shape index (κ1) is 14.4. The number of carbonyl (C=O) groups excluding carboxylic acids is 1. The molecule has 0 aliphatic rings. The van der Waals surface area contributed by atoms with Crippen molar-refractivity contribution in [3.8, 4) is 11.8 Å². The van der Waals surface area contributed by atoms with Gasteiger partial charge in [0.2, 0.25) is 0 Å². The standard InChI is InChI=1S/C17H13NO3/c19-16(12-11-14-7-3-1-4-8-14)18(13-17(20)21)15-9-5-2-6-10-15/h1-10H,13H2,(H,20,21). The molecule has 2 aromatic carbocycles. The number of rotatable bonds is 3. The van der Waals surface area contributed by atoms with Gasteiger partial charge in [0.15, 0.2) is 0 Å². The first-order valence-corrected chi connectivity index (χ1v) is 6.32. The Kier molecular flexibility index (Phi) is 4.73. The minimum absolute atomic E-state index is 0.424. The van der Waals surface area contributed by atoms with E-state index in [0.29, 0.717) is 11.3 Å². The van der Waals surface area contributed by atoms with Crippen LogP contribution in [0.1, 0.15) is 5.56 Å². The van der Waals surface area contributed by atoms with Crippen LogP contribution < -0.4 is 4.90 Å². The Morgan fingerprint density at radius 1 is 0.952 bits per heavy atom. The summed E-state index contributed by atoms with van der Waals surface area (Å²) in [5.74, 6) is 3.57. The average molecular weight is 279 g/mol. The third-order valence-corrected chi connectivity index (χ3v) is 2.69. The third-order valence-electron chi connectivity index (χ3n) is 2.69. The summed E-state index contributed by atoms with van der Waals surface area (Å²) in [5.41, 5.74) is 1.21. The van der Waals surface area contributed by atoms with Gasteiger partial charge in [-0.3, -0.25) is 14.5 Å². The van der Waals surface area contributed by atoms with Crippen molar-refractivity contribution in [2.45, 2.75) is 0 Å². The smallest absolute Gasteiger partial charge is 0.323 e. The number of hydrogen-bond acceptors (Lipinski definition) is 2. The van der Waals surface area contributed by atoms with E-state index in [1.165, 1.54) is 0 Å². The maximum Gasteiger partial charge on any atom is 0.323 e. The Morgan fingerprint density at radius 2 is 1.52 bits per heavy atom. The molecule has 0 fully saturated rings. The number of carboxylic acids is 1. The fourth-order valence-corrected chi connectivity index (χ4v) is 1.74. The normalized spacial score (nSPS) is 9.33. The molecule has 0 saturated heterocycles. The maximum atomic E-state index is 12.1. The number of para-hydroxylation sites is 1. The van der Waals surface area contributed by atoms with Crippen molar-refractivity contribution in [3.05, 3.63) is 66.2 Å². The summed E-state index contributed by atoms with van der Waals surface area (Å²) in [7, 11) is 0. The van der Waals surface area contributed by atoms with Crippen molar-refractivity contribution in [3.63, 3.8) is 0 Å². The Balaban J connectivity index is 2.24.